The second-order valence-electron chi connectivity index (χ2n) is 9.40. The molecule has 4 aromatic rings. The van der Waals surface area contributed by atoms with Crippen LogP contribution in [0, 0.1) is 12.7 Å². The lowest BCUT2D eigenvalue weighted by atomic mass is 10.2. The number of aromatic nitrogens is 3. The topological polar surface area (TPSA) is 93.5 Å². The van der Waals surface area contributed by atoms with E-state index in [1.165, 1.54) is 25.6 Å². The van der Waals surface area contributed by atoms with Gasteiger partial charge in [-0.05, 0) is 44.3 Å². The molecule has 11 heteroatoms. The molecule has 0 bridgehead atoms. The number of benzene rings is 2. The quantitative estimate of drug-likeness (QED) is 0.346. The van der Waals surface area contributed by atoms with Gasteiger partial charge in [0.15, 0.2) is 11.6 Å². The SMILES string of the molecule is COc1cccc(C(=O)Nc2ccc(Oc3ncnn4cc(OCCN5CCN(C)CC5)c(C)c34)c(F)c2)c1. The molecule has 1 amide bonds. The number of hydrogen-bond acceptors (Lipinski definition) is 8. The van der Waals surface area contributed by atoms with Crippen molar-refractivity contribution in [2.24, 2.45) is 0 Å². The van der Waals surface area contributed by atoms with E-state index in [-0.39, 0.29) is 23.2 Å². The molecule has 5 rings (SSSR count). The fraction of sp³-hybridized carbons (Fsp3) is 0.321. The molecular weight excluding hydrogens is 503 g/mol. The minimum absolute atomic E-state index is 0.0342. The van der Waals surface area contributed by atoms with Gasteiger partial charge >= 0.3 is 0 Å². The van der Waals surface area contributed by atoms with Crippen LogP contribution in [0.2, 0.25) is 0 Å². The zero-order valence-electron chi connectivity index (χ0n) is 22.2. The summed E-state index contributed by atoms with van der Waals surface area (Å²) in [7, 11) is 3.65. The van der Waals surface area contributed by atoms with E-state index in [4.69, 9.17) is 14.2 Å². The molecule has 3 heterocycles. The van der Waals surface area contributed by atoms with Gasteiger partial charge in [0.1, 0.15) is 29.9 Å². The van der Waals surface area contributed by atoms with Gasteiger partial charge in [0, 0.05) is 55.6 Å². The van der Waals surface area contributed by atoms with Gasteiger partial charge in [-0.3, -0.25) is 9.69 Å². The third-order valence-electron chi connectivity index (χ3n) is 6.74. The van der Waals surface area contributed by atoms with E-state index < -0.39 is 5.82 Å². The molecule has 2 aromatic heterocycles. The van der Waals surface area contributed by atoms with Gasteiger partial charge in [-0.1, -0.05) is 6.07 Å². The number of hydrogen-bond donors (Lipinski definition) is 1. The van der Waals surface area contributed by atoms with Gasteiger partial charge in [-0.2, -0.15) is 10.1 Å². The summed E-state index contributed by atoms with van der Waals surface area (Å²) < 4.78 is 33.7. The number of ether oxygens (including phenoxy) is 3. The van der Waals surface area contributed by atoms with Crippen molar-refractivity contribution in [1.82, 2.24) is 24.4 Å². The highest BCUT2D eigenvalue weighted by molar-refractivity contribution is 6.04. The van der Waals surface area contributed by atoms with Crippen molar-refractivity contribution in [3.05, 3.63) is 71.9 Å². The maximum Gasteiger partial charge on any atom is 0.255 e. The second-order valence-corrected chi connectivity index (χ2v) is 9.40. The number of likely N-dealkylation sites (N-methyl/N-ethyl adjacent to an activating group) is 1. The van der Waals surface area contributed by atoms with Gasteiger partial charge in [-0.25, -0.2) is 8.91 Å². The zero-order valence-corrected chi connectivity index (χ0v) is 22.2. The first kappa shape index (κ1) is 26.4. The summed E-state index contributed by atoms with van der Waals surface area (Å²) in [6, 6.07) is 10.9. The second kappa shape index (κ2) is 11.7. The molecule has 0 radical (unpaired) electrons. The summed E-state index contributed by atoms with van der Waals surface area (Å²) in [5, 5.41) is 6.95. The fourth-order valence-corrected chi connectivity index (χ4v) is 4.41. The first-order valence-corrected chi connectivity index (χ1v) is 12.7. The van der Waals surface area contributed by atoms with Gasteiger partial charge < -0.3 is 24.4 Å². The lowest BCUT2D eigenvalue weighted by Crippen LogP contribution is -2.45. The Morgan fingerprint density at radius 2 is 1.92 bits per heavy atom. The predicted octanol–water partition coefficient (Wildman–Crippen LogP) is 3.86. The van der Waals surface area contributed by atoms with E-state index >= 15 is 4.39 Å². The van der Waals surface area contributed by atoms with E-state index in [0.717, 1.165) is 38.3 Å². The standard InChI is InChI=1S/C28H31FN6O4/c1-19-25(38-14-13-34-11-9-33(2)10-12-34)17-35-26(19)28(30-18-31-35)39-24-8-7-21(16-23(24)29)32-27(36)20-5-4-6-22(15-20)37-3/h4-8,15-18H,9-14H2,1-3H3,(H,32,36). The van der Waals surface area contributed by atoms with Crippen LogP contribution < -0.4 is 19.5 Å². The van der Waals surface area contributed by atoms with E-state index in [9.17, 15) is 4.79 Å². The van der Waals surface area contributed by atoms with Crippen LogP contribution in [0.15, 0.2) is 55.0 Å². The molecule has 0 aliphatic carbocycles. The number of fused-ring (bicyclic) bond motifs is 1. The molecule has 10 nitrogen and oxygen atoms in total. The highest BCUT2D eigenvalue weighted by Crippen LogP contribution is 2.33. The van der Waals surface area contributed by atoms with Gasteiger partial charge in [-0.15, -0.1) is 0 Å². The number of carbonyl (C=O) groups excluding carboxylic acids is 1. The summed E-state index contributed by atoms with van der Waals surface area (Å²) in [6.07, 6.45) is 3.12. The Hall–Kier alpha value is -4.22. The van der Waals surface area contributed by atoms with Crippen LogP contribution >= 0.6 is 0 Å². The summed E-state index contributed by atoms with van der Waals surface area (Å²) in [5.41, 5.74) is 2.06. The average Bonchev–Trinajstić information content (AvgIpc) is 3.27. The Morgan fingerprint density at radius 1 is 1.10 bits per heavy atom. The highest BCUT2D eigenvalue weighted by atomic mass is 19.1. The van der Waals surface area contributed by atoms with Gasteiger partial charge in [0.2, 0.25) is 5.88 Å². The van der Waals surface area contributed by atoms with E-state index in [2.05, 4.69) is 32.2 Å². The van der Waals surface area contributed by atoms with Crippen molar-refractivity contribution in [3.63, 3.8) is 0 Å². The van der Waals surface area contributed by atoms with Crippen molar-refractivity contribution in [1.29, 1.82) is 0 Å². The number of amides is 1. The number of anilines is 1. The van der Waals surface area contributed by atoms with Gasteiger partial charge in [0.25, 0.3) is 5.91 Å². The zero-order chi connectivity index (χ0) is 27.4. The van der Waals surface area contributed by atoms with Crippen molar-refractivity contribution in [2.45, 2.75) is 6.92 Å². The van der Waals surface area contributed by atoms with E-state index in [1.807, 2.05) is 6.92 Å². The third kappa shape index (κ3) is 6.10. The van der Waals surface area contributed by atoms with Crippen LogP contribution in [0.4, 0.5) is 10.1 Å². The predicted molar refractivity (Wildman–Crippen MR) is 145 cm³/mol. The van der Waals surface area contributed by atoms with Crippen LogP contribution in [-0.2, 0) is 0 Å². The summed E-state index contributed by atoms with van der Waals surface area (Å²) >= 11 is 0. The minimum atomic E-state index is -0.650. The van der Waals surface area contributed by atoms with Crippen molar-refractivity contribution < 1.29 is 23.4 Å². The van der Waals surface area contributed by atoms with Crippen LogP contribution in [0.5, 0.6) is 23.1 Å². The number of carbonyl (C=O) groups is 1. The monoisotopic (exact) mass is 534 g/mol. The first-order valence-electron chi connectivity index (χ1n) is 12.7. The van der Waals surface area contributed by atoms with Crippen LogP contribution in [-0.4, -0.2) is 83.8 Å². The molecule has 1 N–H and O–H groups in total. The molecular formula is C28H31FN6O4. The highest BCUT2D eigenvalue weighted by Gasteiger charge is 2.19. The molecule has 1 saturated heterocycles. The van der Waals surface area contributed by atoms with E-state index in [0.29, 0.717) is 29.2 Å². The van der Waals surface area contributed by atoms with Crippen LogP contribution in [0.3, 0.4) is 0 Å². The molecule has 0 saturated carbocycles. The Balaban J connectivity index is 1.26. The number of nitrogens with zero attached hydrogens (tertiary/aromatic N) is 5. The summed E-state index contributed by atoms with van der Waals surface area (Å²) in [4.78, 5) is 21.5. The molecule has 0 atom stereocenters. The maximum atomic E-state index is 15.0. The van der Waals surface area contributed by atoms with Crippen LogP contribution in [0.1, 0.15) is 15.9 Å². The Labute approximate surface area is 225 Å². The lowest BCUT2D eigenvalue weighted by Gasteiger charge is -2.32. The summed E-state index contributed by atoms with van der Waals surface area (Å²) in [5.74, 6) is 0.353. The van der Waals surface area contributed by atoms with Crippen molar-refractivity contribution >= 4 is 17.1 Å². The van der Waals surface area contributed by atoms with Crippen molar-refractivity contribution in [2.75, 3.05) is 58.8 Å². The summed E-state index contributed by atoms with van der Waals surface area (Å²) in [6.45, 7) is 7.42. The van der Waals surface area contributed by atoms with E-state index in [1.54, 1.807) is 41.0 Å². The number of halogens is 1. The normalized spacial score (nSPS) is 14.4. The molecule has 0 unspecified atom stereocenters. The fourth-order valence-electron chi connectivity index (χ4n) is 4.41. The number of piperazine rings is 1. The lowest BCUT2D eigenvalue weighted by molar-refractivity contribution is 0.102. The molecule has 2 aromatic carbocycles. The molecule has 1 aliphatic heterocycles. The third-order valence-corrected chi connectivity index (χ3v) is 6.74. The van der Waals surface area contributed by atoms with Gasteiger partial charge in [0.05, 0.1) is 13.3 Å². The Kier molecular flexibility index (Phi) is 7.89. The molecule has 0 spiro atoms. The molecule has 39 heavy (non-hydrogen) atoms. The molecule has 1 fully saturated rings. The average molecular weight is 535 g/mol. The van der Waals surface area contributed by atoms with Crippen LogP contribution in [0.25, 0.3) is 5.52 Å². The largest absolute Gasteiger partial charge is 0.497 e. The molecule has 204 valence electrons. The molecule has 1 aliphatic rings. The number of methoxy groups -OCH3 is 1. The number of aryl methyl sites for hydroxylation is 1. The number of nitrogens with one attached hydrogen (secondary N) is 1. The Morgan fingerprint density at radius 3 is 2.69 bits per heavy atom. The maximum absolute atomic E-state index is 15.0. The van der Waals surface area contributed by atoms with Crippen molar-refractivity contribution in [3.8, 4) is 23.1 Å². The Bertz CT molecular complexity index is 1470. The first-order chi connectivity index (χ1) is 18.9. The minimum Gasteiger partial charge on any atom is -0.497 e. The number of rotatable bonds is 9. The smallest absolute Gasteiger partial charge is 0.255 e.